The Labute approximate surface area is 114 Å². The van der Waals surface area contributed by atoms with E-state index in [1.165, 1.54) is 25.7 Å². The molecule has 1 fully saturated rings. The maximum Gasteiger partial charge on any atom is 0.136 e. The molecule has 0 amide bonds. The van der Waals surface area contributed by atoms with Gasteiger partial charge in [0.25, 0.3) is 0 Å². The highest BCUT2D eigenvalue weighted by Gasteiger charge is 2.22. The van der Waals surface area contributed by atoms with Crippen molar-refractivity contribution in [2.45, 2.75) is 45.6 Å². The van der Waals surface area contributed by atoms with Crippen molar-refractivity contribution in [3.63, 3.8) is 0 Å². The topological polar surface area (TPSA) is 50.9 Å². The smallest absolute Gasteiger partial charge is 0.136 e. The van der Waals surface area contributed by atoms with E-state index >= 15 is 0 Å². The van der Waals surface area contributed by atoms with E-state index in [1.54, 1.807) is 6.20 Å². The minimum Gasteiger partial charge on any atom is -0.389 e. The number of nitrogens with one attached hydrogen (secondary N) is 1. The van der Waals surface area contributed by atoms with E-state index < -0.39 is 0 Å². The van der Waals surface area contributed by atoms with Gasteiger partial charge in [-0.3, -0.25) is 0 Å². The molecule has 0 aromatic carbocycles. The Morgan fingerprint density at radius 2 is 2.17 bits per heavy atom. The largest absolute Gasteiger partial charge is 0.389 e. The Balaban J connectivity index is 2.17. The molecule has 1 unspecified atom stereocenters. The number of nitrogens with two attached hydrogens (primary N) is 1. The SMILES string of the molecule is Cc1ccnc(NC(C)C2CCCC2)c1C(N)=S. The lowest BCUT2D eigenvalue weighted by Gasteiger charge is -2.22. The van der Waals surface area contributed by atoms with E-state index in [2.05, 4.69) is 17.2 Å². The Morgan fingerprint density at radius 3 is 2.78 bits per heavy atom. The maximum atomic E-state index is 5.80. The molecule has 1 atom stereocenters. The van der Waals surface area contributed by atoms with Crippen molar-refractivity contribution in [3.8, 4) is 0 Å². The van der Waals surface area contributed by atoms with Crippen LogP contribution >= 0.6 is 12.2 Å². The summed E-state index contributed by atoms with van der Waals surface area (Å²) in [4.78, 5) is 4.81. The fourth-order valence-corrected chi connectivity index (χ4v) is 3.03. The first-order valence-electron chi connectivity index (χ1n) is 6.61. The van der Waals surface area contributed by atoms with Gasteiger partial charge in [0, 0.05) is 12.2 Å². The van der Waals surface area contributed by atoms with Gasteiger partial charge in [-0.15, -0.1) is 0 Å². The predicted octanol–water partition coefficient (Wildman–Crippen LogP) is 3.01. The normalized spacial score (nSPS) is 17.7. The van der Waals surface area contributed by atoms with Gasteiger partial charge in [0.15, 0.2) is 0 Å². The summed E-state index contributed by atoms with van der Waals surface area (Å²) in [5.41, 5.74) is 7.76. The first-order chi connectivity index (χ1) is 8.59. The fourth-order valence-electron chi connectivity index (χ4n) is 2.77. The van der Waals surface area contributed by atoms with Gasteiger partial charge in [0.05, 0.1) is 5.56 Å². The number of anilines is 1. The number of rotatable bonds is 4. The van der Waals surface area contributed by atoms with Crippen LogP contribution in [0.2, 0.25) is 0 Å². The Kier molecular flexibility index (Phi) is 4.17. The monoisotopic (exact) mass is 263 g/mol. The third-order valence-corrected chi connectivity index (χ3v) is 4.08. The Morgan fingerprint density at radius 1 is 1.50 bits per heavy atom. The van der Waals surface area contributed by atoms with Gasteiger partial charge in [0.2, 0.25) is 0 Å². The Hall–Kier alpha value is -1.16. The molecule has 0 spiro atoms. The lowest BCUT2D eigenvalue weighted by Crippen LogP contribution is -2.26. The van der Waals surface area contributed by atoms with Crippen molar-refractivity contribution in [2.24, 2.45) is 11.7 Å². The van der Waals surface area contributed by atoms with Gasteiger partial charge in [-0.2, -0.15) is 0 Å². The summed E-state index contributed by atoms with van der Waals surface area (Å²) in [7, 11) is 0. The molecule has 3 N–H and O–H groups in total. The number of pyridine rings is 1. The van der Waals surface area contributed by atoms with Crippen LogP contribution < -0.4 is 11.1 Å². The van der Waals surface area contributed by atoms with Crippen LogP contribution in [0.25, 0.3) is 0 Å². The summed E-state index contributed by atoms with van der Waals surface area (Å²) < 4.78 is 0. The summed E-state index contributed by atoms with van der Waals surface area (Å²) >= 11 is 5.12. The molecule has 1 saturated carbocycles. The van der Waals surface area contributed by atoms with Gasteiger partial charge >= 0.3 is 0 Å². The lowest BCUT2D eigenvalue weighted by atomic mass is 9.99. The first kappa shape index (κ1) is 13.3. The Bertz CT molecular complexity index is 439. The first-order valence-corrected chi connectivity index (χ1v) is 7.02. The number of aryl methyl sites for hydroxylation is 1. The van der Waals surface area contributed by atoms with Gasteiger partial charge in [-0.05, 0) is 44.2 Å². The minimum atomic E-state index is 0.418. The quantitative estimate of drug-likeness (QED) is 0.820. The highest BCUT2D eigenvalue weighted by molar-refractivity contribution is 7.80. The predicted molar refractivity (Wildman–Crippen MR) is 79.9 cm³/mol. The van der Waals surface area contributed by atoms with E-state index in [0.29, 0.717) is 11.0 Å². The third-order valence-electron chi connectivity index (χ3n) is 3.88. The van der Waals surface area contributed by atoms with Crippen LogP contribution in [-0.2, 0) is 0 Å². The third kappa shape index (κ3) is 2.80. The van der Waals surface area contributed by atoms with Crippen molar-refractivity contribution in [3.05, 3.63) is 23.4 Å². The van der Waals surface area contributed by atoms with Gasteiger partial charge < -0.3 is 11.1 Å². The lowest BCUT2D eigenvalue weighted by molar-refractivity contribution is 0.481. The zero-order valence-corrected chi connectivity index (χ0v) is 11.9. The molecule has 1 aliphatic carbocycles. The maximum absolute atomic E-state index is 5.80. The average molecular weight is 263 g/mol. The summed E-state index contributed by atoms with van der Waals surface area (Å²) in [6.45, 7) is 4.24. The van der Waals surface area contributed by atoms with Crippen LogP contribution in [-0.4, -0.2) is 16.0 Å². The van der Waals surface area contributed by atoms with E-state index in [-0.39, 0.29) is 0 Å². The van der Waals surface area contributed by atoms with E-state index in [1.807, 2.05) is 13.0 Å². The van der Waals surface area contributed by atoms with Gasteiger partial charge in [0.1, 0.15) is 10.8 Å². The molecule has 1 heterocycles. The molecule has 0 aliphatic heterocycles. The average Bonchev–Trinajstić information content (AvgIpc) is 2.81. The zero-order valence-electron chi connectivity index (χ0n) is 11.1. The minimum absolute atomic E-state index is 0.418. The number of hydrogen-bond acceptors (Lipinski definition) is 3. The molecular formula is C14H21N3S. The molecule has 3 nitrogen and oxygen atoms in total. The van der Waals surface area contributed by atoms with Crippen molar-refractivity contribution in [2.75, 3.05) is 5.32 Å². The van der Waals surface area contributed by atoms with Crippen LogP contribution in [0.5, 0.6) is 0 Å². The van der Waals surface area contributed by atoms with Crippen LogP contribution in [0.1, 0.15) is 43.7 Å². The molecule has 2 rings (SSSR count). The van der Waals surface area contributed by atoms with Crippen LogP contribution in [0.4, 0.5) is 5.82 Å². The summed E-state index contributed by atoms with van der Waals surface area (Å²) in [6, 6.07) is 2.37. The molecule has 1 aromatic rings. The van der Waals surface area contributed by atoms with E-state index in [4.69, 9.17) is 18.0 Å². The molecule has 0 radical (unpaired) electrons. The second-order valence-corrected chi connectivity index (χ2v) is 5.63. The summed E-state index contributed by atoms with van der Waals surface area (Å²) in [6.07, 6.45) is 7.12. The molecule has 1 aliphatic rings. The molecule has 0 bridgehead atoms. The van der Waals surface area contributed by atoms with Crippen LogP contribution in [0.3, 0.4) is 0 Å². The second kappa shape index (κ2) is 5.65. The standard InChI is InChI=1S/C14H21N3S/c1-9-7-8-16-14(12(9)13(15)18)17-10(2)11-5-3-4-6-11/h7-8,10-11H,3-6H2,1-2H3,(H2,15,18)(H,16,17). The summed E-state index contributed by atoms with van der Waals surface area (Å²) in [5, 5.41) is 3.50. The highest BCUT2D eigenvalue weighted by Crippen LogP contribution is 2.29. The number of nitrogens with zero attached hydrogens (tertiary/aromatic N) is 1. The molecule has 18 heavy (non-hydrogen) atoms. The van der Waals surface area contributed by atoms with E-state index in [9.17, 15) is 0 Å². The van der Waals surface area contributed by atoms with Gasteiger partial charge in [-0.25, -0.2) is 4.98 Å². The molecule has 98 valence electrons. The van der Waals surface area contributed by atoms with Crippen molar-refractivity contribution in [1.29, 1.82) is 0 Å². The molecule has 4 heteroatoms. The second-order valence-electron chi connectivity index (χ2n) is 5.19. The number of thiocarbonyl (C=S) groups is 1. The number of aromatic nitrogens is 1. The molecule has 0 saturated heterocycles. The number of hydrogen-bond donors (Lipinski definition) is 2. The molecule has 1 aromatic heterocycles. The van der Waals surface area contributed by atoms with Crippen molar-refractivity contribution < 1.29 is 0 Å². The van der Waals surface area contributed by atoms with Crippen molar-refractivity contribution >= 4 is 23.0 Å². The zero-order chi connectivity index (χ0) is 13.1. The van der Waals surface area contributed by atoms with Crippen LogP contribution in [0, 0.1) is 12.8 Å². The highest BCUT2D eigenvalue weighted by atomic mass is 32.1. The van der Waals surface area contributed by atoms with Crippen molar-refractivity contribution in [1.82, 2.24) is 4.98 Å². The molecular weight excluding hydrogens is 242 g/mol. The van der Waals surface area contributed by atoms with Gasteiger partial charge in [-0.1, -0.05) is 25.1 Å². The van der Waals surface area contributed by atoms with Crippen LogP contribution in [0.15, 0.2) is 12.3 Å². The summed E-state index contributed by atoms with van der Waals surface area (Å²) in [5.74, 6) is 1.58. The van der Waals surface area contributed by atoms with E-state index in [0.717, 1.165) is 22.9 Å². The fraction of sp³-hybridized carbons (Fsp3) is 0.571.